The Kier molecular flexibility index (Phi) is 8.88. The number of halogens is 2. The van der Waals surface area contributed by atoms with Crippen LogP contribution < -0.4 is 24.8 Å². The van der Waals surface area contributed by atoms with Gasteiger partial charge in [-0.2, -0.15) is 0 Å². The summed E-state index contributed by atoms with van der Waals surface area (Å²) >= 11 is -0.913. The van der Waals surface area contributed by atoms with Crippen molar-refractivity contribution >= 4 is 18.5 Å². The van der Waals surface area contributed by atoms with Gasteiger partial charge in [0, 0.05) is 0 Å². The van der Waals surface area contributed by atoms with E-state index < -0.39 is 31.3 Å². The fourth-order valence-corrected chi connectivity index (χ4v) is 21.1. The van der Waals surface area contributed by atoms with Crippen LogP contribution in [0.15, 0.2) is 108 Å². The number of rotatable bonds is 4. The first-order valence-corrected chi connectivity index (χ1v) is 19.9. The van der Waals surface area contributed by atoms with E-state index in [1.54, 1.807) is 43.8 Å². The smallest absolute Gasteiger partial charge is 1.00 e. The summed E-state index contributed by atoms with van der Waals surface area (Å²) in [6.07, 6.45) is 0. The van der Waals surface area contributed by atoms with Gasteiger partial charge in [0.2, 0.25) is 0 Å². The molecule has 3 aliphatic rings. The third-order valence-corrected chi connectivity index (χ3v) is 22.0. The molecule has 2 atom stereocenters. The normalized spacial score (nSPS) is 19.2. The number of benzene rings is 4. The molecular weight excluding hydrogens is 647 g/mol. The maximum Gasteiger partial charge on any atom is -1.00 e. The molecule has 4 heteroatoms. The zero-order valence-electron chi connectivity index (χ0n) is 25.3. The van der Waals surface area contributed by atoms with Gasteiger partial charge >= 0.3 is 254 Å². The molecule has 7 rings (SSSR count). The SMILES string of the molecule is CC1=C2c3c(-c4ccccc4)cccc3[CH]1[Zr+2][CH]1C(C)=C(c3c(-c4ccccc4)cccc31)[Si]2(C(C)C)C(C)C.[Cl-].[Cl-]. The summed E-state index contributed by atoms with van der Waals surface area (Å²) in [4.78, 5) is 0. The molecule has 0 nitrogen and oxygen atoms in total. The molecule has 0 spiro atoms. The van der Waals surface area contributed by atoms with Crippen molar-refractivity contribution in [1.82, 2.24) is 0 Å². The van der Waals surface area contributed by atoms with E-state index in [4.69, 9.17) is 0 Å². The van der Waals surface area contributed by atoms with Gasteiger partial charge in [-0.05, 0) is 0 Å². The zero-order chi connectivity index (χ0) is 27.8. The number of allylic oxidation sites excluding steroid dienone is 2. The molecule has 0 fully saturated rings. The average Bonchev–Trinajstić information content (AvgIpc) is 3.43. The predicted molar refractivity (Wildman–Crippen MR) is 170 cm³/mol. The van der Waals surface area contributed by atoms with Gasteiger partial charge in [-0.15, -0.1) is 0 Å². The molecule has 0 N–H and O–H groups in total. The summed E-state index contributed by atoms with van der Waals surface area (Å²) in [5.41, 5.74) is 16.9. The van der Waals surface area contributed by atoms with Gasteiger partial charge in [-0.1, -0.05) is 0 Å². The van der Waals surface area contributed by atoms with Crippen LogP contribution >= 0.6 is 0 Å². The Morgan fingerprint density at radius 1 is 0.524 bits per heavy atom. The Bertz CT molecular complexity index is 1580. The summed E-state index contributed by atoms with van der Waals surface area (Å²) < 4.78 is 1.30. The molecule has 42 heavy (non-hydrogen) atoms. The van der Waals surface area contributed by atoms with E-state index in [2.05, 4.69) is 139 Å². The van der Waals surface area contributed by atoms with E-state index >= 15 is 0 Å². The zero-order valence-corrected chi connectivity index (χ0v) is 30.3. The van der Waals surface area contributed by atoms with Crippen LogP contribution in [0, 0.1) is 0 Å². The Morgan fingerprint density at radius 3 is 1.26 bits per heavy atom. The van der Waals surface area contributed by atoms with Gasteiger partial charge in [-0.25, -0.2) is 0 Å². The van der Waals surface area contributed by atoms with Crippen molar-refractivity contribution in [1.29, 1.82) is 0 Å². The van der Waals surface area contributed by atoms with Crippen molar-refractivity contribution in [3.63, 3.8) is 0 Å². The van der Waals surface area contributed by atoms with Crippen LogP contribution in [0.1, 0.15) is 71.0 Å². The Labute approximate surface area is 277 Å². The van der Waals surface area contributed by atoms with Crippen molar-refractivity contribution in [2.75, 3.05) is 0 Å². The number of fused-ring (bicyclic) bond motifs is 8. The predicted octanol–water partition coefficient (Wildman–Crippen LogP) is 4.83. The van der Waals surface area contributed by atoms with E-state index in [9.17, 15) is 0 Å². The molecule has 0 saturated heterocycles. The van der Waals surface area contributed by atoms with E-state index in [1.165, 1.54) is 22.3 Å². The minimum Gasteiger partial charge on any atom is -1.00 e. The molecule has 0 radical (unpaired) electrons. The van der Waals surface area contributed by atoms with Gasteiger partial charge in [-0.3, -0.25) is 0 Å². The van der Waals surface area contributed by atoms with E-state index in [0.29, 0.717) is 18.3 Å². The van der Waals surface area contributed by atoms with Crippen LogP contribution in [-0.4, -0.2) is 8.07 Å². The molecule has 0 amide bonds. The van der Waals surface area contributed by atoms with Crippen LogP contribution in [0.3, 0.4) is 0 Å². The van der Waals surface area contributed by atoms with Gasteiger partial charge in [0.15, 0.2) is 0 Å². The standard InChI is InChI=1S/C38H38Si.2ClH.Zr/c1-25(2)39(26(3)4,37-27(5)23-31-19-13-21-33(35(31)37)29-15-9-7-10-16-29)38-28(6)24-32-20-14-22-34(36(32)38)30-17-11-8-12-18-30;;;/h7-26H,1-6H3;2*1H;/q;;;+2/p-2. The fraction of sp³-hybridized carbons (Fsp3) is 0.263. The first-order valence-electron chi connectivity index (χ1n) is 14.9. The third kappa shape index (κ3) is 4.31. The molecule has 0 saturated carbocycles. The van der Waals surface area contributed by atoms with Crippen molar-refractivity contribution in [2.24, 2.45) is 0 Å². The summed E-state index contributed by atoms with van der Waals surface area (Å²) in [6.45, 7) is 15.3. The number of hydrogen-bond acceptors (Lipinski definition) is 0. The number of hydrogen-bond donors (Lipinski definition) is 0. The van der Waals surface area contributed by atoms with Crippen LogP contribution in [-0.2, 0) is 23.2 Å². The maximum absolute atomic E-state index is 2.56. The van der Waals surface area contributed by atoms with Crippen molar-refractivity contribution in [3.05, 3.63) is 130 Å². The average molecular weight is 685 g/mol. The molecule has 4 bridgehead atoms. The van der Waals surface area contributed by atoms with E-state index in [-0.39, 0.29) is 24.8 Å². The summed E-state index contributed by atoms with van der Waals surface area (Å²) in [7, 11) is -2.27. The minimum atomic E-state index is -2.27. The second-order valence-electron chi connectivity index (χ2n) is 12.6. The van der Waals surface area contributed by atoms with Gasteiger partial charge < -0.3 is 24.8 Å². The summed E-state index contributed by atoms with van der Waals surface area (Å²) in [6, 6.07) is 36.9. The van der Waals surface area contributed by atoms with Crippen molar-refractivity contribution in [3.8, 4) is 22.3 Å². The largest absolute Gasteiger partial charge is 1.00 e. The topological polar surface area (TPSA) is 0 Å². The minimum absolute atomic E-state index is 0. The molecular formula is C38H38Cl2SiZr. The first-order chi connectivity index (χ1) is 19.4. The molecule has 2 unspecified atom stereocenters. The summed E-state index contributed by atoms with van der Waals surface area (Å²) in [5, 5.41) is 3.59. The Morgan fingerprint density at radius 2 is 0.905 bits per heavy atom. The summed E-state index contributed by atoms with van der Waals surface area (Å²) in [5.74, 6) is 0. The van der Waals surface area contributed by atoms with Crippen LogP contribution in [0.2, 0.25) is 11.1 Å². The maximum atomic E-state index is 2.56. The molecule has 4 aromatic rings. The molecule has 4 aromatic carbocycles. The van der Waals surface area contributed by atoms with Gasteiger partial charge in [0.1, 0.15) is 0 Å². The Hall–Kier alpha value is -1.96. The molecule has 0 aromatic heterocycles. The quantitative estimate of drug-likeness (QED) is 0.271. The van der Waals surface area contributed by atoms with Crippen LogP contribution in [0.4, 0.5) is 0 Å². The monoisotopic (exact) mass is 682 g/mol. The first kappa shape index (κ1) is 31.5. The second-order valence-corrected chi connectivity index (χ2v) is 21.3. The molecule has 212 valence electrons. The fourth-order valence-electron chi connectivity index (χ4n) is 8.65. The molecule has 1 heterocycles. The second kappa shape index (κ2) is 11.9. The molecule has 1 aliphatic heterocycles. The van der Waals surface area contributed by atoms with Crippen LogP contribution in [0.5, 0.6) is 0 Å². The third-order valence-electron chi connectivity index (χ3n) is 10.1. The van der Waals surface area contributed by atoms with E-state index in [0.717, 1.165) is 0 Å². The van der Waals surface area contributed by atoms with Gasteiger partial charge in [0.25, 0.3) is 0 Å². The molecule has 2 aliphatic carbocycles. The van der Waals surface area contributed by atoms with Crippen molar-refractivity contribution in [2.45, 2.75) is 59.9 Å². The Balaban J connectivity index is 0.00000176. The van der Waals surface area contributed by atoms with Gasteiger partial charge in [0.05, 0.1) is 0 Å². The van der Waals surface area contributed by atoms with Crippen LogP contribution in [0.25, 0.3) is 32.6 Å². The van der Waals surface area contributed by atoms with Crippen molar-refractivity contribution < 1.29 is 48.0 Å². The van der Waals surface area contributed by atoms with E-state index in [1.807, 2.05) is 0 Å².